The van der Waals surface area contributed by atoms with Crippen molar-refractivity contribution in [3.05, 3.63) is 12.2 Å². The number of hydrogen-bond donors (Lipinski definition) is 3. The van der Waals surface area contributed by atoms with Gasteiger partial charge in [0.05, 0.1) is 6.61 Å². The summed E-state index contributed by atoms with van der Waals surface area (Å²) in [6.45, 7) is 4.99. The number of hydrogen-bond acceptors (Lipinski definition) is 5. The number of carbonyl (C=O) groups excluding carboxylic acids is 2. The van der Waals surface area contributed by atoms with E-state index in [9.17, 15) is 19.5 Å². The minimum absolute atomic E-state index is 0.167. The van der Waals surface area contributed by atoms with Crippen LogP contribution in [0.3, 0.4) is 0 Å². The smallest absolute Gasteiger partial charge is 0.329 e. The Morgan fingerprint density at radius 1 is 1.50 bits per heavy atom. The second-order valence-electron chi connectivity index (χ2n) is 3.65. The van der Waals surface area contributed by atoms with Crippen molar-refractivity contribution in [2.45, 2.75) is 31.9 Å². The molecule has 2 atom stereocenters. The molecule has 0 aliphatic rings. The van der Waals surface area contributed by atoms with Crippen molar-refractivity contribution in [1.29, 1.82) is 0 Å². The first-order valence-corrected chi connectivity index (χ1v) is 5.31. The van der Waals surface area contributed by atoms with E-state index < -0.39 is 24.1 Å². The van der Waals surface area contributed by atoms with Gasteiger partial charge < -0.3 is 20.3 Å². The topological polar surface area (TPSA) is 113 Å². The monoisotopic (exact) mass is 259 g/mol. The Balaban J connectivity index is 4.18. The molecule has 0 heterocycles. The molecule has 2 unspecified atom stereocenters. The average molecular weight is 259 g/mol. The number of nitrogens with one attached hydrogen (secondary N) is 1. The third-order valence-electron chi connectivity index (χ3n) is 2.20. The predicted octanol–water partition coefficient (Wildman–Crippen LogP) is -0.554. The second kappa shape index (κ2) is 8.24. The van der Waals surface area contributed by atoms with Gasteiger partial charge in [0.15, 0.2) is 6.04 Å². The molecule has 1 amide bonds. The SMILES string of the molecule is C=C(CCCOC(C)=O)C(O)C(NC=O)C(=O)O. The molecule has 18 heavy (non-hydrogen) atoms. The van der Waals surface area contributed by atoms with E-state index in [1.165, 1.54) is 6.92 Å². The van der Waals surface area contributed by atoms with Gasteiger partial charge in [-0.1, -0.05) is 6.58 Å². The largest absolute Gasteiger partial charge is 0.480 e. The fourth-order valence-electron chi connectivity index (χ4n) is 1.27. The van der Waals surface area contributed by atoms with E-state index in [1.54, 1.807) is 0 Å². The van der Waals surface area contributed by atoms with Crippen LogP contribution in [0.1, 0.15) is 19.8 Å². The molecule has 3 N–H and O–H groups in total. The van der Waals surface area contributed by atoms with Crippen LogP contribution in [0.4, 0.5) is 0 Å². The van der Waals surface area contributed by atoms with Crippen molar-refractivity contribution in [2.24, 2.45) is 0 Å². The first-order valence-electron chi connectivity index (χ1n) is 5.31. The van der Waals surface area contributed by atoms with E-state index in [4.69, 9.17) is 5.11 Å². The number of rotatable bonds is 9. The first kappa shape index (κ1) is 16.1. The van der Waals surface area contributed by atoms with Gasteiger partial charge in [-0.3, -0.25) is 9.59 Å². The molecule has 0 saturated carbocycles. The van der Waals surface area contributed by atoms with E-state index in [2.05, 4.69) is 11.3 Å². The zero-order chi connectivity index (χ0) is 14.1. The molecule has 0 bridgehead atoms. The molecule has 7 nitrogen and oxygen atoms in total. The molecular formula is C11H17NO6. The molecule has 0 aromatic heterocycles. The van der Waals surface area contributed by atoms with Gasteiger partial charge in [-0.15, -0.1) is 0 Å². The summed E-state index contributed by atoms with van der Waals surface area (Å²) in [5, 5.41) is 20.4. The number of ether oxygens (including phenoxy) is 1. The fraction of sp³-hybridized carbons (Fsp3) is 0.545. The summed E-state index contributed by atoms with van der Waals surface area (Å²) >= 11 is 0. The van der Waals surface area contributed by atoms with E-state index >= 15 is 0 Å². The number of aliphatic hydroxyl groups excluding tert-OH is 1. The predicted molar refractivity (Wildman–Crippen MR) is 61.6 cm³/mol. The molecule has 0 rings (SSSR count). The highest BCUT2D eigenvalue weighted by atomic mass is 16.5. The zero-order valence-electron chi connectivity index (χ0n) is 10.1. The average Bonchev–Trinajstić information content (AvgIpc) is 2.29. The van der Waals surface area contributed by atoms with Crippen molar-refractivity contribution in [3.63, 3.8) is 0 Å². The quantitative estimate of drug-likeness (QED) is 0.221. The van der Waals surface area contributed by atoms with Gasteiger partial charge in [0.25, 0.3) is 0 Å². The molecule has 0 aliphatic heterocycles. The summed E-state index contributed by atoms with van der Waals surface area (Å²) in [6, 6.07) is -1.43. The van der Waals surface area contributed by atoms with Crippen LogP contribution in [0.25, 0.3) is 0 Å². The standard InChI is InChI=1S/C11H17NO6/c1-7(4-3-5-18-8(2)14)10(15)9(11(16)17)12-6-13/h6,9-10,15H,1,3-5H2,2H3,(H,12,13)(H,16,17). The van der Waals surface area contributed by atoms with Crippen molar-refractivity contribution >= 4 is 18.3 Å². The van der Waals surface area contributed by atoms with Crippen LogP contribution in [0, 0.1) is 0 Å². The van der Waals surface area contributed by atoms with Crippen LogP contribution < -0.4 is 5.32 Å². The van der Waals surface area contributed by atoms with E-state index in [-0.39, 0.29) is 18.6 Å². The number of esters is 1. The Bertz CT molecular complexity index is 327. The summed E-state index contributed by atoms with van der Waals surface area (Å²) in [6.07, 6.45) is -0.472. The number of carboxylic acids is 1. The molecule has 0 aromatic carbocycles. The second-order valence-corrected chi connectivity index (χ2v) is 3.65. The summed E-state index contributed by atoms with van der Waals surface area (Å²) in [7, 11) is 0. The highest BCUT2D eigenvalue weighted by molar-refractivity contribution is 5.77. The number of carbonyl (C=O) groups is 3. The Hall–Kier alpha value is -1.89. The van der Waals surface area contributed by atoms with E-state index in [0.29, 0.717) is 12.8 Å². The van der Waals surface area contributed by atoms with Crippen LogP contribution in [0.5, 0.6) is 0 Å². The zero-order valence-corrected chi connectivity index (χ0v) is 10.1. The van der Waals surface area contributed by atoms with E-state index in [0.717, 1.165) is 0 Å². The lowest BCUT2D eigenvalue weighted by molar-refractivity contribution is -0.143. The molecule has 0 spiro atoms. The van der Waals surface area contributed by atoms with Gasteiger partial charge in [0.2, 0.25) is 6.41 Å². The van der Waals surface area contributed by atoms with E-state index in [1.807, 2.05) is 5.32 Å². The molecule has 0 fully saturated rings. The van der Waals surface area contributed by atoms with Gasteiger partial charge in [-0.05, 0) is 18.4 Å². The third-order valence-corrected chi connectivity index (χ3v) is 2.20. The van der Waals surface area contributed by atoms with Crippen LogP contribution in [0.15, 0.2) is 12.2 Å². The summed E-state index contributed by atoms with van der Waals surface area (Å²) in [5.74, 6) is -1.76. The summed E-state index contributed by atoms with van der Waals surface area (Å²) in [4.78, 5) is 31.5. The van der Waals surface area contributed by atoms with Gasteiger partial charge >= 0.3 is 11.9 Å². The molecule has 102 valence electrons. The normalized spacial score (nSPS) is 13.2. The Morgan fingerprint density at radius 3 is 2.56 bits per heavy atom. The molecule has 0 radical (unpaired) electrons. The van der Waals surface area contributed by atoms with Gasteiger partial charge in [0, 0.05) is 6.92 Å². The van der Waals surface area contributed by atoms with Crippen molar-refractivity contribution in [3.8, 4) is 0 Å². The Morgan fingerprint density at radius 2 is 2.11 bits per heavy atom. The summed E-state index contributed by atoms with van der Waals surface area (Å²) in [5.41, 5.74) is 0.254. The van der Waals surface area contributed by atoms with Crippen molar-refractivity contribution in [1.82, 2.24) is 5.32 Å². The Labute approximate surface area is 104 Å². The van der Waals surface area contributed by atoms with Gasteiger partial charge in [0.1, 0.15) is 6.10 Å². The van der Waals surface area contributed by atoms with Crippen molar-refractivity contribution < 1.29 is 29.3 Å². The van der Waals surface area contributed by atoms with Crippen molar-refractivity contribution in [2.75, 3.05) is 6.61 Å². The first-order chi connectivity index (χ1) is 8.40. The van der Waals surface area contributed by atoms with Crippen LogP contribution >= 0.6 is 0 Å². The lowest BCUT2D eigenvalue weighted by Gasteiger charge is -2.20. The summed E-state index contributed by atoms with van der Waals surface area (Å²) < 4.78 is 4.68. The molecular weight excluding hydrogens is 242 g/mol. The van der Waals surface area contributed by atoms with Gasteiger partial charge in [-0.25, -0.2) is 4.79 Å². The number of aliphatic carboxylic acids is 1. The number of carboxylic acid groups (broad SMARTS) is 1. The highest BCUT2D eigenvalue weighted by Gasteiger charge is 2.27. The maximum Gasteiger partial charge on any atom is 0.329 e. The van der Waals surface area contributed by atoms with Crippen LogP contribution in [-0.2, 0) is 19.1 Å². The molecule has 7 heteroatoms. The maximum absolute atomic E-state index is 10.8. The molecule has 0 aromatic rings. The lowest BCUT2D eigenvalue weighted by atomic mass is 10.00. The minimum Gasteiger partial charge on any atom is -0.480 e. The molecule has 0 saturated heterocycles. The number of aliphatic hydroxyl groups is 1. The maximum atomic E-state index is 10.8. The minimum atomic E-state index is -1.43. The fourth-order valence-corrected chi connectivity index (χ4v) is 1.27. The van der Waals surface area contributed by atoms with Crippen LogP contribution in [-0.4, -0.2) is 47.3 Å². The van der Waals surface area contributed by atoms with Gasteiger partial charge in [-0.2, -0.15) is 0 Å². The third kappa shape index (κ3) is 6.00. The highest BCUT2D eigenvalue weighted by Crippen LogP contribution is 2.11. The Kier molecular flexibility index (Phi) is 7.37. The lowest BCUT2D eigenvalue weighted by Crippen LogP contribution is -2.46. The number of amides is 1. The van der Waals surface area contributed by atoms with Crippen LogP contribution in [0.2, 0.25) is 0 Å². The molecule has 0 aliphatic carbocycles.